The van der Waals surface area contributed by atoms with Crippen LogP contribution < -0.4 is 5.32 Å². The van der Waals surface area contributed by atoms with Crippen molar-refractivity contribution in [1.82, 2.24) is 4.31 Å². The second-order valence-corrected chi connectivity index (χ2v) is 9.43. The average molecular weight is 484 g/mol. The Morgan fingerprint density at radius 3 is 2.25 bits per heavy atom. The molecule has 0 bridgehead atoms. The Morgan fingerprint density at radius 2 is 1.57 bits per heavy atom. The van der Waals surface area contributed by atoms with Crippen LogP contribution in [0.3, 0.4) is 0 Å². The summed E-state index contributed by atoms with van der Waals surface area (Å²) in [4.78, 5) is 12.6. The quantitative estimate of drug-likeness (QED) is 0.646. The summed E-state index contributed by atoms with van der Waals surface area (Å²) in [5, 5.41) is 3.28. The SMILES string of the molecule is O=C(Nc1cc(Cl)c(Cl)cc1Cl)c1cc(S(=O)(=O)N2CCOCC2)ccc1Cl. The molecular weight excluding hydrogens is 470 g/mol. The molecule has 0 aromatic heterocycles. The molecule has 3 rings (SSSR count). The van der Waals surface area contributed by atoms with Crippen LogP contribution in [0.4, 0.5) is 5.69 Å². The number of nitrogens with zero attached hydrogens (tertiary/aromatic N) is 1. The summed E-state index contributed by atoms with van der Waals surface area (Å²) in [6.45, 7) is 1.11. The van der Waals surface area contributed by atoms with E-state index in [1.807, 2.05) is 0 Å². The van der Waals surface area contributed by atoms with Crippen LogP contribution in [0, 0.1) is 0 Å². The first-order valence-electron chi connectivity index (χ1n) is 8.03. The van der Waals surface area contributed by atoms with Crippen LogP contribution in [0.15, 0.2) is 35.2 Å². The van der Waals surface area contributed by atoms with Crippen LogP contribution in [0.2, 0.25) is 20.1 Å². The third-order valence-corrected chi connectivity index (χ3v) is 7.31. The number of hydrogen-bond acceptors (Lipinski definition) is 4. The first-order chi connectivity index (χ1) is 13.2. The number of anilines is 1. The molecule has 0 saturated carbocycles. The van der Waals surface area contributed by atoms with Gasteiger partial charge in [0.05, 0.1) is 49.5 Å². The van der Waals surface area contributed by atoms with Crippen molar-refractivity contribution in [3.8, 4) is 0 Å². The molecule has 2 aromatic rings. The lowest BCUT2D eigenvalue weighted by Crippen LogP contribution is -2.40. The van der Waals surface area contributed by atoms with Crippen molar-refractivity contribution in [2.24, 2.45) is 0 Å². The minimum Gasteiger partial charge on any atom is -0.379 e. The van der Waals surface area contributed by atoms with Crippen molar-refractivity contribution in [2.45, 2.75) is 4.90 Å². The Kier molecular flexibility index (Phi) is 6.76. The molecule has 6 nitrogen and oxygen atoms in total. The number of carbonyl (C=O) groups excluding carboxylic acids is 1. The van der Waals surface area contributed by atoms with E-state index in [2.05, 4.69) is 5.32 Å². The van der Waals surface area contributed by atoms with Gasteiger partial charge >= 0.3 is 0 Å². The van der Waals surface area contributed by atoms with Gasteiger partial charge in [-0.15, -0.1) is 0 Å². The topological polar surface area (TPSA) is 75.7 Å². The van der Waals surface area contributed by atoms with Crippen LogP contribution in [0.1, 0.15) is 10.4 Å². The number of halogens is 4. The zero-order valence-electron chi connectivity index (χ0n) is 14.2. The van der Waals surface area contributed by atoms with Crippen molar-refractivity contribution < 1.29 is 17.9 Å². The molecule has 1 saturated heterocycles. The molecule has 0 aliphatic carbocycles. The maximum absolute atomic E-state index is 12.8. The van der Waals surface area contributed by atoms with Gasteiger partial charge in [0.2, 0.25) is 10.0 Å². The van der Waals surface area contributed by atoms with Crippen molar-refractivity contribution in [1.29, 1.82) is 0 Å². The lowest BCUT2D eigenvalue weighted by Gasteiger charge is -2.26. The first-order valence-corrected chi connectivity index (χ1v) is 11.0. The maximum Gasteiger partial charge on any atom is 0.257 e. The molecule has 1 N–H and O–H groups in total. The van der Waals surface area contributed by atoms with Gasteiger partial charge in [0.25, 0.3) is 5.91 Å². The molecule has 0 unspecified atom stereocenters. The molecule has 150 valence electrons. The van der Waals surface area contributed by atoms with E-state index in [9.17, 15) is 13.2 Å². The molecular formula is C17H14Cl4N2O4S. The summed E-state index contributed by atoms with van der Waals surface area (Å²) in [7, 11) is -3.78. The molecule has 11 heteroatoms. The maximum atomic E-state index is 12.8. The van der Waals surface area contributed by atoms with Crippen molar-refractivity contribution in [3.05, 3.63) is 56.0 Å². The number of benzene rings is 2. The number of carbonyl (C=O) groups is 1. The highest BCUT2D eigenvalue weighted by Crippen LogP contribution is 2.33. The summed E-state index contributed by atoms with van der Waals surface area (Å²) in [5.74, 6) is -0.635. The van der Waals surface area contributed by atoms with Gasteiger partial charge in [-0.05, 0) is 30.3 Å². The van der Waals surface area contributed by atoms with Crippen LogP contribution in [0.5, 0.6) is 0 Å². The highest BCUT2D eigenvalue weighted by Gasteiger charge is 2.27. The summed E-state index contributed by atoms with van der Waals surface area (Å²) in [6.07, 6.45) is 0. The van der Waals surface area contributed by atoms with Crippen molar-refractivity contribution in [2.75, 3.05) is 31.6 Å². The monoisotopic (exact) mass is 482 g/mol. The van der Waals surface area contributed by atoms with E-state index in [0.29, 0.717) is 13.2 Å². The molecule has 28 heavy (non-hydrogen) atoms. The van der Waals surface area contributed by atoms with Gasteiger partial charge in [-0.1, -0.05) is 46.4 Å². The van der Waals surface area contributed by atoms with E-state index in [0.717, 1.165) is 0 Å². The minimum absolute atomic E-state index is 0.0156. The fraction of sp³-hybridized carbons (Fsp3) is 0.235. The van der Waals surface area contributed by atoms with Gasteiger partial charge in [0.15, 0.2) is 0 Å². The summed E-state index contributed by atoms with van der Waals surface area (Å²) < 4.78 is 32.1. The van der Waals surface area contributed by atoms with E-state index < -0.39 is 15.9 Å². The fourth-order valence-corrected chi connectivity index (χ4v) is 4.82. The van der Waals surface area contributed by atoms with E-state index in [1.54, 1.807) is 0 Å². The largest absolute Gasteiger partial charge is 0.379 e. The Labute approximate surface area is 182 Å². The number of hydrogen-bond donors (Lipinski definition) is 1. The van der Waals surface area contributed by atoms with Gasteiger partial charge in [-0.25, -0.2) is 8.42 Å². The minimum atomic E-state index is -3.78. The van der Waals surface area contributed by atoms with Crippen LogP contribution in [-0.2, 0) is 14.8 Å². The lowest BCUT2D eigenvalue weighted by molar-refractivity contribution is 0.0730. The molecule has 1 amide bonds. The van der Waals surface area contributed by atoms with Gasteiger partial charge in [0, 0.05) is 13.1 Å². The Balaban J connectivity index is 1.91. The summed E-state index contributed by atoms with van der Waals surface area (Å²) >= 11 is 24.0. The molecule has 0 atom stereocenters. The third-order valence-electron chi connectivity index (χ3n) is 4.05. The third kappa shape index (κ3) is 4.57. The number of morpholine rings is 1. The molecule has 1 aliphatic rings. The van der Waals surface area contributed by atoms with Gasteiger partial charge in [-0.3, -0.25) is 4.79 Å². The number of ether oxygens (including phenoxy) is 1. The zero-order valence-corrected chi connectivity index (χ0v) is 18.1. The molecule has 0 radical (unpaired) electrons. The number of rotatable bonds is 4. The predicted octanol–water partition coefficient (Wildman–Crippen LogP) is 4.57. The summed E-state index contributed by atoms with van der Waals surface area (Å²) in [6, 6.07) is 6.73. The molecule has 1 fully saturated rings. The van der Waals surface area contributed by atoms with Crippen molar-refractivity contribution >= 4 is 68.0 Å². The first kappa shape index (κ1) is 21.6. The Hall–Kier alpha value is -1.06. The second-order valence-electron chi connectivity index (χ2n) is 5.86. The highest BCUT2D eigenvalue weighted by molar-refractivity contribution is 7.89. The zero-order chi connectivity index (χ0) is 20.5. The van der Waals surface area contributed by atoms with Crippen LogP contribution >= 0.6 is 46.4 Å². The normalized spacial score (nSPS) is 15.4. The highest BCUT2D eigenvalue weighted by atomic mass is 35.5. The van der Waals surface area contributed by atoms with Gasteiger partial charge < -0.3 is 10.1 Å². The molecule has 0 spiro atoms. The number of amides is 1. The van der Waals surface area contributed by atoms with Crippen LogP contribution in [0.25, 0.3) is 0 Å². The second kappa shape index (κ2) is 8.75. The fourth-order valence-electron chi connectivity index (χ4n) is 2.58. The van der Waals surface area contributed by atoms with E-state index >= 15 is 0 Å². The molecule has 2 aromatic carbocycles. The van der Waals surface area contributed by atoms with Gasteiger partial charge in [-0.2, -0.15) is 4.31 Å². The standard InChI is InChI=1S/C17H14Cl4N2O4S/c18-12-2-1-10(28(25,26)23-3-5-27-6-4-23)7-11(12)17(24)22-16-9-14(20)13(19)8-15(16)21/h1-2,7-9H,3-6H2,(H,22,24). The van der Waals surface area contributed by atoms with E-state index in [1.165, 1.54) is 34.6 Å². The Morgan fingerprint density at radius 1 is 0.929 bits per heavy atom. The van der Waals surface area contributed by atoms with Gasteiger partial charge in [0.1, 0.15) is 0 Å². The smallest absolute Gasteiger partial charge is 0.257 e. The number of sulfonamides is 1. The molecule has 1 heterocycles. The molecule has 1 aliphatic heterocycles. The summed E-state index contributed by atoms with van der Waals surface area (Å²) in [5.41, 5.74) is 0.205. The Bertz CT molecular complexity index is 1020. The number of nitrogens with one attached hydrogen (secondary N) is 1. The average Bonchev–Trinajstić information content (AvgIpc) is 2.67. The van der Waals surface area contributed by atoms with Crippen molar-refractivity contribution in [3.63, 3.8) is 0 Å². The van der Waals surface area contributed by atoms with E-state index in [4.69, 9.17) is 51.1 Å². The predicted molar refractivity (Wildman–Crippen MR) is 110 cm³/mol. The van der Waals surface area contributed by atoms with E-state index in [-0.39, 0.29) is 49.3 Å². The van der Waals surface area contributed by atoms with Crippen LogP contribution in [-0.4, -0.2) is 44.9 Å². The lowest BCUT2D eigenvalue weighted by atomic mass is 10.2.